The summed E-state index contributed by atoms with van der Waals surface area (Å²) in [4.78, 5) is 35.1. The van der Waals surface area contributed by atoms with Gasteiger partial charge in [-0.15, -0.1) is 0 Å². The van der Waals surface area contributed by atoms with E-state index in [1.165, 1.54) is 10.7 Å². The lowest BCUT2D eigenvalue weighted by Gasteiger charge is -2.11. The number of rotatable bonds is 7. The molecule has 1 unspecified atom stereocenters. The first-order valence-corrected chi connectivity index (χ1v) is 12.5. The number of carbonyl (C=O) groups excluding carboxylic acids is 2. The van der Waals surface area contributed by atoms with Gasteiger partial charge in [0.25, 0.3) is 11.8 Å². The van der Waals surface area contributed by atoms with Gasteiger partial charge in [0, 0.05) is 17.8 Å². The average Bonchev–Trinajstić information content (AvgIpc) is 3.38. The van der Waals surface area contributed by atoms with Crippen molar-refractivity contribution in [2.24, 2.45) is 0 Å². The number of benzene rings is 2. The number of nitrogen functional groups attached to an aromatic ring is 1. The Balaban J connectivity index is 1.45. The van der Waals surface area contributed by atoms with E-state index in [1.807, 2.05) is 55.5 Å². The number of nitrogens with zero attached hydrogens (tertiary/aromatic N) is 4. The quantitative estimate of drug-likeness (QED) is 0.258. The molecule has 0 saturated carbocycles. The second-order valence-electron chi connectivity index (χ2n) is 8.71. The van der Waals surface area contributed by atoms with Gasteiger partial charge >= 0.3 is 0 Å². The maximum Gasteiger partial charge on any atom is 0.272 e. The van der Waals surface area contributed by atoms with Crippen LogP contribution in [0.5, 0.6) is 0 Å². The Labute approximate surface area is 229 Å². The monoisotopic (exact) mass is 537 g/mol. The standard InChI is InChI=1S/C29H24ClN7O2/c1-18(23-10-5-6-15-32-23)33-29(39)25-17-27(37(36-25)20-8-3-2-4-9-20)35-28(38)21-16-19(13-14-22(21)30)24-11-7-12-26(31)34-24/h2-18H,1H3,(H2,31,34)(H,33,39)(H,35,38). The van der Waals surface area contributed by atoms with Crippen LogP contribution in [0.2, 0.25) is 5.02 Å². The van der Waals surface area contributed by atoms with Crippen LogP contribution >= 0.6 is 11.6 Å². The van der Waals surface area contributed by atoms with Crippen LogP contribution in [0, 0.1) is 0 Å². The maximum atomic E-state index is 13.4. The number of aromatic nitrogens is 4. The van der Waals surface area contributed by atoms with Crippen LogP contribution in [0.1, 0.15) is 39.5 Å². The zero-order valence-electron chi connectivity index (χ0n) is 20.9. The molecule has 5 aromatic rings. The first-order valence-electron chi connectivity index (χ1n) is 12.1. The van der Waals surface area contributed by atoms with Crippen LogP contribution in [0.15, 0.2) is 97.2 Å². The van der Waals surface area contributed by atoms with E-state index < -0.39 is 11.8 Å². The van der Waals surface area contributed by atoms with Gasteiger partial charge in [-0.25, -0.2) is 9.67 Å². The minimum Gasteiger partial charge on any atom is -0.384 e. The minimum absolute atomic E-state index is 0.126. The summed E-state index contributed by atoms with van der Waals surface area (Å²) in [5.74, 6) is -0.225. The third-order valence-corrected chi connectivity index (χ3v) is 6.27. The van der Waals surface area contributed by atoms with E-state index in [0.717, 1.165) is 0 Å². The number of hydrogen-bond donors (Lipinski definition) is 3. The molecule has 2 aromatic carbocycles. The Morgan fingerprint density at radius 2 is 1.72 bits per heavy atom. The fourth-order valence-electron chi connectivity index (χ4n) is 3.98. The molecule has 0 aliphatic carbocycles. The largest absolute Gasteiger partial charge is 0.384 e. The van der Waals surface area contributed by atoms with Gasteiger partial charge in [0.05, 0.1) is 33.7 Å². The molecule has 0 fully saturated rings. The summed E-state index contributed by atoms with van der Waals surface area (Å²) in [5, 5.41) is 10.5. The molecule has 0 aliphatic rings. The molecule has 1 atom stereocenters. The Hall–Kier alpha value is -5.02. The van der Waals surface area contributed by atoms with E-state index in [2.05, 4.69) is 25.7 Å². The fraction of sp³-hybridized carbons (Fsp3) is 0.0690. The summed E-state index contributed by atoms with van der Waals surface area (Å²) in [6, 6.07) is 26.1. The van der Waals surface area contributed by atoms with Crippen molar-refractivity contribution in [3.05, 3.63) is 119 Å². The molecule has 5 rings (SSSR count). The summed E-state index contributed by atoms with van der Waals surface area (Å²) in [5.41, 5.74) is 8.84. The molecule has 9 nitrogen and oxygen atoms in total. The molecule has 0 aliphatic heterocycles. The van der Waals surface area contributed by atoms with Crippen molar-refractivity contribution >= 4 is 35.1 Å². The van der Waals surface area contributed by atoms with Crippen molar-refractivity contribution in [3.63, 3.8) is 0 Å². The summed E-state index contributed by atoms with van der Waals surface area (Å²) in [7, 11) is 0. The summed E-state index contributed by atoms with van der Waals surface area (Å²) in [6.07, 6.45) is 1.67. The van der Waals surface area contributed by atoms with Gasteiger partial charge in [-0.05, 0) is 55.5 Å². The number of pyridine rings is 2. The number of anilines is 2. The first-order chi connectivity index (χ1) is 18.9. The van der Waals surface area contributed by atoms with Crippen molar-refractivity contribution in [3.8, 4) is 16.9 Å². The van der Waals surface area contributed by atoms with Crippen LogP contribution in [-0.4, -0.2) is 31.6 Å². The SMILES string of the molecule is CC(NC(=O)c1cc(NC(=O)c2cc(-c3cccc(N)n3)ccc2Cl)n(-c2ccccc2)n1)c1ccccn1. The third kappa shape index (κ3) is 5.78. The van der Waals surface area contributed by atoms with Gasteiger partial charge in [0.1, 0.15) is 11.6 Å². The Kier molecular flexibility index (Phi) is 7.33. The topological polar surface area (TPSA) is 128 Å². The highest BCUT2D eigenvalue weighted by Crippen LogP contribution is 2.26. The molecule has 0 spiro atoms. The van der Waals surface area contributed by atoms with Crippen molar-refractivity contribution in [2.45, 2.75) is 13.0 Å². The Bertz CT molecular complexity index is 1640. The minimum atomic E-state index is -0.475. The number of nitrogens with one attached hydrogen (secondary N) is 2. The molecule has 4 N–H and O–H groups in total. The normalized spacial score (nSPS) is 11.5. The Morgan fingerprint density at radius 3 is 2.46 bits per heavy atom. The summed E-state index contributed by atoms with van der Waals surface area (Å²) < 4.78 is 1.50. The van der Waals surface area contributed by atoms with E-state index in [1.54, 1.807) is 42.6 Å². The van der Waals surface area contributed by atoms with Gasteiger partial charge in [0.2, 0.25) is 0 Å². The van der Waals surface area contributed by atoms with E-state index in [-0.39, 0.29) is 22.3 Å². The third-order valence-electron chi connectivity index (χ3n) is 5.94. The molecule has 39 heavy (non-hydrogen) atoms. The zero-order chi connectivity index (χ0) is 27.4. The number of carbonyl (C=O) groups is 2. The predicted molar refractivity (Wildman–Crippen MR) is 151 cm³/mol. The van der Waals surface area contributed by atoms with E-state index in [0.29, 0.717) is 34.3 Å². The lowest BCUT2D eigenvalue weighted by atomic mass is 10.1. The van der Waals surface area contributed by atoms with Crippen LogP contribution in [-0.2, 0) is 0 Å². The average molecular weight is 538 g/mol. The zero-order valence-corrected chi connectivity index (χ0v) is 21.6. The molecule has 0 saturated heterocycles. The van der Waals surface area contributed by atoms with Gasteiger partial charge in [-0.2, -0.15) is 5.10 Å². The molecular formula is C29H24ClN7O2. The van der Waals surface area contributed by atoms with Gasteiger partial charge in [-0.3, -0.25) is 14.6 Å². The molecule has 0 bridgehead atoms. The van der Waals surface area contributed by atoms with Crippen LogP contribution in [0.25, 0.3) is 16.9 Å². The van der Waals surface area contributed by atoms with E-state index in [4.69, 9.17) is 17.3 Å². The van der Waals surface area contributed by atoms with Crippen molar-refractivity contribution in [2.75, 3.05) is 11.1 Å². The van der Waals surface area contributed by atoms with Crippen molar-refractivity contribution < 1.29 is 9.59 Å². The first kappa shape index (κ1) is 25.6. The summed E-state index contributed by atoms with van der Waals surface area (Å²) >= 11 is 6.41. The van der Waals surface area contributed by atoms with Crippen molar-refractivity contribution in [1.29, 1.82) is 0 Å². The highest BCUT2D eigenvalue weighted by Gasteiger charge is 2.21. The van der Waals surface area contributed by atoms with Crippen LogP contribution in [0.4, 0.5) is 11.6 Å². The number of halogens is 1. The Morgan fingerprint density at radius 1 is 0.923 bits per heavy atom. The molecule has 10 heteroatoms. The highest BCUT2D eigenvalue weighted by atomic mass is 35.5. The number of nitrogens with two attached hydrogens (primary N) is 1. The van der Waals surface area contributed by atoms with E-state index in [9.17, 15) is 9.59 Å². The van der Waals surface area contributed by atoms with Gasteiger partial charge < -0.3 is 16.4 Å². The number of para-hydroxylation sites is 1. The van der Waals surface area contributed by atoms with Crippen LogP contribution < -0.4 is 16.4 Å². The molecule has 0 radical (unpaired) electrons. The maximum absolute atomic E-state index is 13.4. The molecule has 3 aromatic heterocycles. The molecule has 194 valence electrons. The lowest BCUT2D eigenvalue weighted by molar-refractivity contribution is 0.0933. The highest BCUT2D eigenvalue weighted by molar-refractivity contribution is 6.34. The molecule has 3 heterocycles. The predicted octanol–water partition coefficient (Wildman–Crippen LogP) is 5.31. The van der Waals surface area contributed by atoms with Crippen LogP contribution in [0.3, 0.4) is 0 Å². The van der Waals surface area contributed by atoms with Crippen molar-refractivity contribution in [1.82, 2.24) is 25.1 Å². The number of hydrogen-bond acceptors (Lipinski definition) is 6. The molecule has 2 amide bonds. The smallest absolute Gasteiger partial charge is 0.272 e. The lowest BCUT2D eigenvalue weighted by Crippen LogP contribution is -2.27. The van der Waals surface area contributed by atoms with Gasteiger partial charge in [-0.1, -0.05) is 48.0 Å². The fourth-order valence-corrected chi connectivity index (χ4v) is 4.18. The number of amides is 2. The molecular weight excluding hydrogens is 514 g/mol. The summed E-state index contributed by atoms with van der Waals surface area (Å²) in [6.45, 7) is 1.83. The van der Waals surface area contributed by atoms with Gasteiger partial charge in [0.15, 0.2) is 5.69 Å². The van der Waals surface area contributed by atoms with E-state index >= 15 is 0 Å². The second-order valence-corrected chi connectivity index (χ2v) is 9.12. The second kappa shape index (κ2) is 11.2.